The highest BCUT2D eigenvalue weighted by Gasteiger charge is 2.34. The topological polar surface area (TPSA) is 140 Å². The van der Waals surface area contributed by atoms with E-state index in [1.54, 1.807) is 19.2 Å². The van der Waals surface area contributed by atoms with Gasteiger partial charge in [0.15, 0.2) is 0 Å². The number of methoxy groups -OCH3 is 1. The molecule has 6 N–H and O–H groups in total. The quantitative estimate of drug-likeness (QED) is 0.359. The molecular weight excluding hydrogens is 457 g/mol. The lowest BCUT2D eigenvalue weighted by Gasteiger charge is -2.35. The summed E-state index contributed by atoms with van der Waals surface area (Å²) in [6.45, 7) is 4.47. The highest BCUT2D eigenvalue weighted by molar-refractivity contribution is 6.90. The minimum absolute atomic E-state index is 0.00929. The van der Waals surface area contributed by atoms with Crippen LogP contribution in [0.4, 0.5) is 21.9 Å². The van der Waals surface area contributed by atoms with Crippen LogP contribution in [-0.2, 0) is 11.2 Å². The Bertz CT molecular complexity index is 1100. The summed E-state index contributed by atoms with van der Waals surface area (Å²) in [7, 11) is 1.63. The summed E-state index contributed by atoms with van der Waals surface area (Å²) in [5.41, 5.74) is 14.4. The van der Waals surface area contributed by atoms with E-state index in [-0.39, 0.29) is 36.9 Å². The second kappa shape index (κ2) is 12.3. The van der Waals surface area contributed by atoms with Crippen molar-refractivity contribution in [3.05, 3.63) is 47.5 Å². The number of hydrogen-bond acceptors (Lipinski definition) is 6. The van der Waals surface area contributed by atoms with Crippen LogP contribution >= 0.6 is 0 Å². The van der Waals surface area contributed by atoms with Gasteiger partial charge >= 0.3 is 6.03 Å². The minimum Gasteiger partial charge on any atom is -0.497 e. The van der Waals surface area contributed by atoms with Gasteiger partial charge in [-0.1, -0.05) is 26.5 Å². The zero-order valence-corrected chi connectivity index (χ0v) is 21.3. The number of nitrogens with zero attached hydrogens (tertiary/aromatic N) is 1. The standard InChI is InChI=1S/C24H30BN5O4.C2H6/c1-34-18-3-5-21-15(12-18)8-11-30(24(33)29-21)17-6-9-25(10-7-17)22(31)14-28-23(32)16-2-4-19(26)20(27)13-16;1-2/h2-5,12-13,17H,6-11,14,26-27H2,1H3,(H,28,32)(H,29,33);1-2H3. The summed E-state index contributed by atoms with van der Waals surface area (Å²) in [5.74, 6) is 0.415. The third-order valence-corrected chi connectivity index (χ3v) is 6.80. The molecule has 2 aromatic rings. The zero-order valence-electron chi connectivity index (χ0n) is 21.3. The van der Waals surface area contributed by atoms with E-state index in [4.69, 9.17) is 16.2 Å². The molecule has 192 valence electrons. The van der Waals surface area contributed by atoms with Crippen LogP contribution in [-0.4, -0.2) is 55.5 Å². The zero-order chi connectivity index (χ0) is 26.2. The van der Waals surface area contributed by atoms with Gasteiger partial charge in [0.2, 0.25) is 6.71 Å². The van der Waals surface area contributed by atoms with E-state index in [0.717, 1.165) is 36.3 Å². The van der Waals surface area contributed by atoms with Crippen LogP contribution in [0.3, 0.4) is 0 Å². The molecule has 3 amide bonds. The normalized spacial score (nSPS) is 15.6. The van der Waals surface area contributed by atoms with Gasteiger partial charge in [0.1, 0.15) is 11.4 Å². The Morgan fingerprint density at radius 2 is 1.83 bits per heavy atom. The highest BCUT2D eigenvalue weighted by Crippen LogP contribution is 2.30. The number of hydrogen-bond donors (Lipinski definition) is 4. The van der Waals surface area contributed by atoms with Gasteiger partial charge in [0.05, 0.1) is 25.0 Å². The molecule has 1 saturated heterocycles. The van der Waals surface area contributed by atoms with Crippen molar-refractivity contribution < 1.29 is 19.1 Å². The van der Waals surface area contributed by atoms with Crippen molar-refractivity contribution in [3.63, 3.8) is 0 Å². The van der Waals surface area contributed by atoms with Crippen LogP contribution < -0.4 is 26.8 Å². The van der Waals surface area contributed by atoms with Gasteiger partial charge in [-0.15, -0.1) is 0 Å². The van der Waals surface area contributed by atoms with E-state index in [1.165, 1.54) is 6.07 Å². The first-order valence-electron chi connectivity index (χ1n) is 12.6. The SMILES string of the molecule is CC.COc1ccc2c(c1)CCN(C1CCB(C(=O)CNC(=O)c3ccc(N)c(N)c3)CC1)C(=O)N2. The number of carbonyl (C=O) groups is 3. The fourth-order valence-electron chi connectivity index (χ4n) is 4.74. The van der Waals surface area contributed by atoms with Crippen molar-refractivity contribution in [1.82, 2.24) is 10.2 Å². The number of ether oxygens (including phenoxy) is 1. The summed E-state index contributed by atoms with van der Waals surface area (Å²) in [6, 6.07) is 10.3. The van der Waals surface area contributed by atoms with Crippen molar-refractivity contribution in [1.29, 1.82) is 0 Å². The Morgan fingerprint density at radius 1 is 1.11 bits per heavy atom. The fourth-order valence-corrected chi connectivity index (χ4v) is 4.74. The van der Waals surface area contributed by atoms with Crippen LogP contribution in [0.5, 0.6) is 5.75 Å². The molecule has 0 aliphatic carbocycles. The molecule has 0 spiro atoms. The highest BCUT2D eigenvalue weighted by atomic mass is 16.5. The maximum absolute atomic E-state index is 12.9. The number of rotatable bonds is 6. The number of carbonyl (C=O) groups excluding carboxylic acids is 3. The maximum atomic E-state index is 12.9. The number of urea groups is 1. The van der Waals surface area contributed by atoms with Crippen molar-refractivity contribution in [3.8, 4) is 5.75 Å². The largest absolute Gasteiger partial charge is 0.497 e. The molecular formula is C26H36BN5O4. The minimum atomic E-state index is -0.355. The molecule has 2 aliphatic rings. The van der Waals surface area contributed by atoms with Crippen molar-refractivity contribution in [2.75, 3.05) is 37.0 Å². The lowest BCUT2D eigenvalue weighted by atomic mass is 9.38. The Kier molecular flexibility index (Phi) is 9.22. The van der Waals surface area contributed by atoms with Gasteiger partial charge in [0, 0.05) is 23.8 Å². The third-order valence-electron chi connectivity index (χ3n) is 6.80. The Labute approximate surface area is 213 Å². The molecule has 0 saturated carbocycles. The van der Waals surface area contributed by atoms with Crippen LogP contribution in [0.2, 0.25) is 12.6 Å². The summed E-state index contributed by atoms with van der Waals surface area (Å²) < 4.78 is 5.30. The van der Waals surface area contributed by atoms with Crippen molar-refractivity contribution >= 4 is 41.4 Å². The molecule has 0 bridgehead atoms. The number of nitrogens with two attached hydrogens (primary N) is 2. The summed E-state index contributed by atoms with van der Waals surface area (Å²) in [6.07, 6.45) is 3.64. The second-order valence-corrected chi connectivity index (χ2v) is 8.89. The summed E-state index contributed by atoms with van der Waals surface area (Å²) in [5, 5.41) is 5.69. The van der Waals surface area contributed by atoms with E-state index in [0.29, 0.717) is 36.1 Å². The monoisotopic (exact) mass is 493 g/mol. The van der Waals surface area contributed by atoms with E-state index in [1.807, 2.05) is 36.9 Å². The van der Waals surface area contributed by atoms with Gasteiger partial charge in [-0.3, -0.25) is 4.79 Å². The molecule has 2 aliphatic heterocycles. The van der Waals surface area contributed by atoms with E-state index in [2.05, 4.69) is 10.6 Å². The van der Waals surface area contributed by atoms with Crippen molar-refractivity contribution in [2.24, 2.45) is 0 Å². The molecule has 2 heterocycles. The Hall–Kier alpha value is -3.69. The molecule has 0 radical (unpaired) electrons. The van der Waals surface area contributed by atoms with Crippen LogP contribution in [0.15, 0.2) is 36.4 Å². The molecule has 1 fully saturated rings. The van der Waals surface area contributed by atoms with Crippen molar-refractivity contribution in [2.45, 2.75) is 51.8 Å². The molecule has 36 heavy (non-hydrogen) atoms. The van der Waals surface area contributed by atoms with Gasteiger partial charge in [-0.2, -0.15) is 0 Å². The van der Waals surface area contributed by atoms with Crippen LogP contribution in [0, 0.1) is 0 Å². The van der Waals surface area contributed by atoms with E-state index in [9.17, 15) is 14.4 Å². The molecule has 10 heteroatoms. The molecule has 4 rings (SSSR count). The Balaban J connectivity index is 0.00000176. The maximum Gasteiger partial charge on any atom is 0.322 e. The second-order valence-electron chi connectivity index (χ2n) is 8.89. The number of anilines is 3. The predicted molar refractivity (Wildman–Crippen MR) is 145 cm³/mol. The first-order valence-corrected chi connectivity index (χ1v) is 12.6. The molecule has 2 aromatic carbocycles. The first kappa shape index (κ1) is 26.9. The van der Waals surface area contributed by atoms with Gasteiger partial charge < -0.3 is 36.5 Å². The van der Waals surface area contributed by atoms with Gasteiger partial charge in [0.25, 0.3) is 5.91 Å². The summed E-state index contributed by atoms with van der Waals surface area (Å²) >= 11 is 0. The number of nitrogen functional groups attached to an aromatic ring is 2. The number of nitrogens with one attached hydrogen (secondary N) is 2. The van der Waals surface area contributed by atoms with Crippen LogP contribution in [0.25, 0.3) is 0 Å². The molecule has 9 nitrogen and oxygen atoms in total. The number of fused-ring (bicyclic) bond motifs is 1. The molecule has 0 unspecified atom stereocenters. The Morgan fingerprint density at radius 3 is 2.50 bits per heavy atom. The van der Waals surface area contributed by atoms with E-state index >= 15 is 0 Å². The fraction of sp³-hybridized carbons (Fsp3) is 0.423. The molecule has 0 atom stereocenters. The number of benzene rings is 2. The van der Waals surface area contributed by atoms with Crippen LogP contribution in [0.1, 0.15) is 42.6 Å². The lowest BCUT2D eigenvalue weighted by Crippen LogP contribution is -2.47. The lowest BCUT2D eigenvalue weighted by molar-refractivity contribution is -0.111. The average Bonchev–Trinajstić information content (AvgIpc) is 3.07. The average molecular weight is 493 g/mol. The third kappa shape index (κ3) is 6.30. The van der Waals surface area contributed by atoms with Gasteiger partial charge in [-0.25, -0.2) is 4.79 Å². The first-order chi connectivity index (χ1) is 17.4. The number of amides is 3. The predicted octanol–water partition coefficient (Wildman–Crippen LogP) is 3.47. The molecule has 0 aromatic heterocycles. The van der Waals surface area contributed by atoms with E-state index < -0.39 is 0 Å². The van der Waals surface area contributed by atoms with Gasteiger partial charge in [-0.05, 0) is 61.2 Å². The smallest absolute Gasteiger partial charge is 0.322 e. The summed E-state index contributed by atoms with van der Waals surface area (Å²) in [4.78, 5) is 39.8.